The molecule has 9 nitrogen and oxygen atoms in total. The number of unbranched alkanes of at least 4 members (excludes halogenated alkanes) is 2. The van der Waals surface area contributed by atoms with Crippen LogP contribution in [-0.2, 0) is 25.6 Å². The normalized spacial score (nSPS) is 32.2. The minimum absolute atomic E-state index is 0.0444. The van der Waals surface area contributed by atoms with Gasteiger partial charge in [-0.2, -0.15) is 0 Å². The number of rotatable bonds is 24. The van der Waals surface area contributed by atoms with Crippen LogP contribution in [0.3, 0.4) is 0 Å². The van der Waals surface area contributed by atoms with E-state index >= 15 is 0 Å². The average molecular weight is 786 g/mol. The van der Waals surface area contributed by atoms with Gasteiger partial charge in [-0.15, -0.1) is 0 Å². The molecule has 8 aliphatic rings. The molecule has 3 atom stereocenters. The van der Waals surface area contributed by atoms with Crippen LogP contribution in [0.4, 0.5) is 0 Å². The highest BCUT2D eigenvalue weighted by molar-refractivity contribution is 5.91. The summed E-state index contributed by atoms with van der Waals surface area (Å²) < 4.78 is 0. The monoisotopic (exact) mass is 786 g/mol. The van der Waals surface area contributed by atoms with Crippen molar-refractivity contribution in [2.45, 2.75) is 160 Å². The summed E-state index contributed by atoms with van der Waals surface area (Å²) in [5, 5.41) is 3.02. The average Bonchev–Trinajstić information content (AvgIpc) is 3.15. The molecule has 57 heavy (non-hydrogen) atoms. The summed E-state index contributed by atoms with van der Waals surface area (Å²) in [6.07, 6.45) is 22.3. The first kappa shape index (κ1) is 42.5. The number of ketones is 2. The summed E-state index contributed by atoms with van der Waals surface area (Å²) in [6, 6.07) is 8.80. The third-order valence-electron chi connectivity index (χ3n) is 15.8. The molecule has 8 aliphatic carbocycles. The summed E-state index contributed by atoms with van der Waals surface area (Å²) in [5.41, 5.74) is 19.3. The van der Waals surface area contributed by atoms with Crippen molar-refractivity contribution in [3.05, 3.63) is 35.9 Å². The van der Waals surface area contributed by atoms with E-state index in [2.05, 4.69) is 17.4 Å². The van der Waals surface area contributed by atoms with Crippen molar-refractivity contribution in [3.63, 3.8) is 0 Å². The number of nitrogens with one attached hydrogen (secondary N) is 1. The van der Waals surface area contributed by atoms with Gasteiger partial charge in [-0.1, -0.05) is 36.8 Å². The Morgan fingerprint density at radius 1 is 0.719 bits per heavy atom. The van der Waals surface area contributed by atoms with E-state index in [4.69, 9.17) is 17.2 Å². The summed E-state index contributed by atoms with van der Waals surface area (Å²) in [7, 11) is 0. The van der Waals surface area contributed by atoms with Crippen molar-refractivity contribution in [2.24, 2.45) is 69.5 Å². The molecule has 0 heterocycles. The number of carbonyl (C=O) groups excluding carboxylic acids is 4. The molecule has 1 aromatic carbocycles. The minimum Gasteiger partial charge on any atom is -0.345 e. The Balaban J connectivity index is 1.08. The number of hydrogen-bond donors (Lipinski definition) is 4. The zero-order valence-corrected chi connectivity index (χ0v) is 35.0. The Labute approximate surface area is 343 Å². The van der Waals surface area contributed by atoms with Crippen LogP contribution < -0.4 is 22.5 Å². The van der Waals surface area contributed by atoms with Gasteiger partial charge >= 0.3 is 0 Å². The second-order valence-electron chi connectivity index (χ2n) is 20.8. The largest absolute Gasteiger partial charge is 0.345 e. The molecule has 1 aromatic rings. The van der Waals surface area contributed by atoms with E-state index in [-0.39, 0.29) is 47.7 Å². The van der Waals surface area contributed by atoms with Crippen molar-refractivity contribution in [1.29, 1.82) is 0 Å². The van der Waals surface area contributed by atoms with Crippen LogP contribution in [0.1, 0.15) is 147 Å². The fourth-order valence-corrected chi connectivity index (χ4v) is 14.1. The van der Waals surface area contributed by atoms with Gasteiger partial charge in [0.25, 0.3) is 0 Å². The van der Waals surface area contributed by atoms with Crippen LogP contribution >= 0.6 is 0 Å². The molecule has 8 bridgehead atoms. The van der Waals surface area contributed by atoms with E-state index in [1.807, 2.05) is 23.1 Å². The second kappa shape index (κ2) is 19.2. The molecule has 0 saturated heterocycles. The van der Waals surface area contributed by atoms with Gasteiger partial charge in [0.05, 0.1) is 18.6 Å². The molecule has 9 heteroatoms. The molecule has 0 spiro atoms. The Hall–Kier alpha value is -2.62. The highest BCUT2D eigenvalue weighted by atomic mass is 16.2. The van der Waals surface area contributed by atoms with Crippen molar-refractivity contribution < 1.29 is 19.2 Å². The number of benzene rings is 1. The first-order chi connectivity index (χ1) is 27.5. The van der Waals surface area contributed by atoms with E-state index in [9.17, 15) is 19.2 Å². The topological polar surface area (TPSA) is 162 Å². The lowest BCUT2D eigenvalue weighted by Crippen LogP contribution is -2.50. The van der Waals surface area contributed by atoms with Gasteiger partial charge in [-0.3, -0.25) is 19.2 Å². The number of Topliss-reactive ketones (excluding diaryl/α,β-unsaturated/α-hetero) is 2. The zero-order chi connectivity index (χ0) is 40.0. The molecule has 0 radical (unpaired) electrons. The van der Waals surface area contributed by atoms with Crippen LogP contribution in [0, 0.1) is 52.3 Å². The fourth-order valence-electron chi connectivity index (χ4n) is 14.1. The first-order valence-corrected chi connectivity index (χ1v) is 23.3. The Morgan fingerprint density at radius 2 is 1.25 bits per heavy atom. The number of hydrogen-bond acceptors (Lipinski definition) is 7. The summed E-state index contributed by atoms with van der Waals surface area (Å²) in [5.74, 6) is 4.46. The Kier molecular flexibility index (Phi) is 14.3. The van der Waals surface area contributed by atoms with E-state index in [1.165, 1.54) is 57.8 Å². The quantitative estimate of drug-likeness (QED) is 0.0832. The van der Waals surface area contributed by atoms with Gasteiger partial charge < -0.3 is 27.4 Å². The molecule has 8 saturated carbocycles. The Bertz CT molecular complexity index is 1460. The van der Waals surface area contributed by atoms with Crippen LogP contribution in [0.25, 0.3) is 0 Å². The van der Waals surface area contributed by atoms with Crippen LogP contribution in [0.15, 0.2) is 30.3 Å². The maximum Gasteiger partial charge on any atom is 0.237 e. The third kappa shape index (κ3) is 11.2. The predicted octanol–water partition coefficient (Wildman–Crippen LogP) is 6.88. The molecule has 0 aliphatic heterocycles. The highest BCUT2D eigenvalue weighted by Crippen LogP contribution is 2.62. The van der Waals surface area contributed by atoms with Crippen molar-refractivity contribution >= 4 is 23.4 Å². The molecule has 316 valence electrons. The molecule has 7 N–H and O–H groups in total. The molecule has 9 rings (SSSR count). The van der Waals surface area contributed by atoms with Crippen LogP contribution in [-0.4, -0.2) is 66.5 Å². The van der Waals surface area contributed by atoms with Gasteiger partial charge in [0.1, 0.15) is 0 Å². The van der Waals surface area contributed by atoms with Crippen LogP contribution in [0.5, 0.6) is 0 Å². The first-order valence-electron chi connectivity index (χ1n) is 23.3. The van der Waals surface area contributed by atoms with Crippen LogP contribution in [0.2, 0.25) is 0 Å². The SMILES string of the molecule is NCCCC[C@H](NC(=O)[C@@H](N)CCCCN)C(=O)C[C@@H](Cc1ccccc1)CN(CC(=O)CCC12CC3CC(CC(C3)C1)C2)C(=O)CC12CC3CC(CC(C3)C1)C2. The number of amides is 2. The summed E-state index contributed by atoms with van der Waals surface area (Å²) >= 11 is 0. The lowest BCUT2D eigenvalue weighted by Gasteiger charge is -2.57. The number of nitrogens with two attached hydrogens (primary N) is 3. The second-order valence-corrected chi connectivity index (χ2v) is 20.8. The zero-order valence-electron chi connectivity index (χ0n) is 35.0. The van der Waals surface area contributed by atoms with Crippen molar-refractivity contribution in [3.8, 4) is 0 Å². The maximum atomic E-state index is 14.8. The van der Waals surface area contributed by atoms with Crippen molar-refractivity contribution in [1.82, 2.24) is 10.2 Å². The third-order valence-corrected chi connectivity index (χ3v) is 15.8. The molecular weight excluding hydrogens is 711 g/mol. The van der Waals surface area contributed by atoms with Gasteiger partial charge in [0, 0.05) is 25.8 Å². The minimum atomic E-state index is -0.705. The molecule has 8 fully saturated rings. The Morgan fingerprint density at radius 3 is 1.79 bits per heavy atom. The fraction of sp³-hybridized carbons (Fsp3) is 0.792. The molecule has 0 unspecified atom stereocenters. The smallest absolute Gasteiger partial charge is 0.237 e. The van der Waals surface area contributed by atoms with E-state index < -0.39 is 12.1 Å². The van der Waals surface area contributed by atoms with E-state index in [0.717, 1.165) is 86.0 Å². The van der Waals surface area contributed by atoms with Crippen molar-refractivity contribution in [2.75, 3.05) is 26.2 Å². The van der Waals surface area contributed by atoms with E-state index in [0.29, 0.717) is 63.6 Å². The molecular formula is C48H75N5O4. The van der Waals surface area contributed by atoms with Gasteiger partial charge in [0.2, 0.25) is 11.8 Å². The standard InChI is InChI=1S/C48H75N5O4/c49-14-6-4-10-42(51)46(57)52-43(11-5-7-15-50)44(55)23-40(16-33-8-2-1-3-9-33)31-53(45(56)30-48-27-37-20-38(28-48)22-39(21-37)29-48)32-41(54)12-13-47-24-34-17-35(25-47)19-36(18-34)26-47/h1-3,8-9,34-40,42-43H,4-7,10-32,49-51H2,(H,52,57)/t34?,35?,36?,37?,38?,39?,40-,42+,43+,47?,48?/m1/s1. The maximum absolute atomic E-state index is 14.8. The summed E-state index contributed by atoms with van der Waals surface area (Å²) in [4.78, 5) is 58.5. The number of nitrogens with zero attached hydrogens (tertiary/aromatic N) is 1. The van der Waals surface area contributed by atoms with Gasteiger partial charge in [-0.25, -0.2) is 0 Å². The summed E-state index contributed by atoms with van der Waals surface area (Å²) in [6.45, 7) is 1.55. The molecule has 0 aromatic heterocycles. The lowest BCUT2D eigenvalue weighted by molar-refractivity contribution is -0.143. The molecule has 2 amide bonds. The van der Waals surface area contributed by atoms with Gasteiger partial charge in [0.15, 0.2) is 11.6 Å². The van der Waals surface area contributed by atoms with E-state index in [1.54, 1.807) is 0 Å². The lowest BCUT2D eigenvalue weighted by atomic mass is 9.48. The predicted molar refractivity (Wildman–Crippen MR) is 226 cm³/mol. The number of carbonyl (C=O) groups is 4. The van der Waals surface area contributed by atoms with Gasteiger partial charge in [-0.05, 0) is 193 Å². The highest BCUT2D eigenvalue weighted by Gasteiger charge is 2.53.